The molecule has 0 unspecified atom stereocenters. The minimum absolute atomic E-state index is 0.703. The number of methoxy groups -OCH3 is 1. The van der Waals surface area contributed by atoms with E-state index in [4.69, 9.17) is 4.74 Å². The van der Waals surface area contributed by atoms with Crippen LogP contribution < -0.4 is 0 Å². The molecule has 14 heavy (non-hydrogen) atoms. The number of nitrogens with zero attached hydrogens (tertiary/aromatic N) is 1. The lowest BCUT2D eigenvalue weighted by atomic mass is 10.3. The monoisotopic (exact) mass is 191 g/mol. The average Bonchev–Trinajstić information content (AvgIpc) is 2.23. The quantitative estimate of drug-likeness (QED) is 0.273. The molecular weight excluding hydrogens is 174 g/mol. The number of rotatable bonds is 6. The van der Waals surface area contributed by atoms with Crippen molar-refractivity contribution in [1.29, 1.82) is 0 Å². The lowest BCUT2D eigenvalue weighted by Gasteiger charge is -1.99. The predicted octanol–water partition coefficient (Wildman–Crippen LogP) is 3.25. The highest BCUT2D eigenvalue weighted by molar-refractivity contribution is 5.61. The molecule has 0 radical (unpaired) electrons. The van der Waals surface area contributed by atoms with Crippen molar-refractivity contribution in [3.63, 3.8) is 0 Å². The fourth-order valence-electron chi connectivity index (χ4n) is 0.775. The lowest BCUT2D eigenvalue weighted by molar-refractivity contribution is 0.307. The first-order valence-corrected chi connectivity index (χ1v) is 4.46. The molecule has 0 rings (SSSR count). The molecule has 0 amide bonds. The topological polar surface area (TPSA) is 21.6 Å². The van der Waals surface area contributed by atoms with Crippen molar-refractivity contribution in [2.24, 2.45) is 4.99 Å². The Morgan fingerprint density at radius 2 is 2.14 bits per heavy atom. The number of allylic oxidation sites excluding steroid dienone is 4. The average molecular weight is 191 g/mol. The first-order valence-electron chi connectivity index (χ1n) is 4.46. The molecule has 2 heteroatoms. The molecule has 76 valence electrons. The highest BCUT2D eigenvalue weighted by Gasteiger charge is 1.90. The molecule has 0 aliphatic rings. The Bertz CT molecular complexity index is 272. The number of ether oxygens (including phenoxy) is 1. The van der Waals surface area contributed by atoms with Crippen LogP contribution in [-0.4, -0.2) is 13.3 Å². The highest BCUT2D eigenvalue weighted by atomic mass is 16.5. The first kappa shape index (κ1) is 12.4. The normalized spacial score (nSPS) is 13.0. The molecule has 0 saturated carbocycles. The van der Waals surface area contributed by atoms with Crippen molar-refractivity contribution in [1.82, 2.24) is 0 Å². The van der Waals surface area contributed by atoms with Crippen LogP contribution >= 0.6 is 0 Å². The zero-order chi connectivity index (χ0) is 10.8. The molecule has 0 saturated heterocycles. The lowest BCUT2D eigenvalue weighted by Crippen LogP contribution is -1.83. The zero-order valence-corrected chi connectivity index (χ0v) is 8.86. The maximum Gasteiger partial charge on any atom is 0.120 e. The van der Waals surface area contributed by atoms with Crippen LogP contribution in [0.2, 0.25) is 0 Å². The summed E-state index contributed by atoms with van der Waals surface area (Å²) in [5.41, 5.74) is 0.851. The summed E-state index contributed by atoms with van der Waals surface area (Å²) in [7, 11) is 1.61. The predicted molar refractivity (Wildman–Crippen MR) is 62.4 cm³/mol. The zero-order valence-electron chi connectivity index (χ0n) is 8.86. The van der Waals surface area contributed by atoms with Crippen molar-refractivity contribution < 1.29 is 4.74 Å². The van der Waals surface area contributed by atoms with E-state index >= 15 is 0 Å². The van der Waals surface area contributed by atoms with Crippen molar-refractivity contribution in [2.45, 2.75) is 13.3 Å². The third kappa shape index (κ3) is 5.14. The van der Waals surface area contributed by atoms with Crippen molar-refractivity contribution in [3.8, 4) is 0 Å². The number of hydrogen-bond donors (Lipinski definition) is 0. The van der Waals surface area contributed by atoms with Gasteiger partial charge in [0.1, 0.15) is 5.76 Å². The van der Waals surface area contributed by atoms with Gasteiger partial charge < -0.3 is 4.74 Å². The van der Waals surface area contributed by atoms with Gasteiger partial charge in [0, 0.05) is 18.7 Å². The largest absolute Gasteiger partial charge is 0.497 e. The molecule has 2 nitrogen and oxygen atoms in total. The molecule has 0 heterocycles. The molecule has 0 atom stereocenters. The Morgan fingerprint density at radius 1 is 1.43 bits per heavy atom. The van der Waals surface area contributed by atoms with E-state index in [9.17, 15) is 0 Å². The second-order valence-electron chi connectivity index (χ2n) is 2.50. The van der Waals surface area contributed by atoms with Gasteiger partial charge in [-0.05, 0) is 13.0 Å². The standard InChI is InChI=1S/C12H17NO/c1-5-8-9-13-11(6-2)10-12(7-3)14-4/h5-7,9-10H,1,3,8H2,2,4H3/b11-6-,12-10+,13-9-. The molecule has 0 aromatic carbocycles. The molecule has 0 aromatic rings. The van der Waals surface area contributed by atoms with Gasteiger partial charge >= 0.3 is 0 Å². The smallest absolute Gasteiger partial charge is 0.120 e. The van der Waals surface area contributed by atoms with E-state index in [2.05, 4.69) is 18.2 Å². The fraction of sp³-hybridized carbons (Fsp3) is 0.250. The molecule has 0 aliphatic carbocycles. The summed E-state index contributed by atoms with van der Waals surface area (Å²) in [6.07, 6.45) is 9.74. The molecule has 0 fully saturated rings. The summed E-state index contributed by atoms with van der Waals surface area (Å²) in [6, 6.07) is 0. The first-order chi connectivity index (χ1) is 6.78. The van der Waals surface area contributed by atoms with Gasteiger partial charge in [-0.15, -0.1) is 6.58 Å². The molecular formula is C12H17NO. The third-order valence-electron chi connectivity index (χ3n) is 1.54. The van der Waals surface area contributed by atoms with Gasteiger partial charge in [0.2, 0.25) is 0 Å². The minimum atomic E-state index is 0.703. The van der Waals surface area contributed by atoms with Crippen LogP contribution in [0.15, 0.2) is 53.9 Å². The Kier molecular flexibility index (Phi) is 7.15. The molecule has 0 aromatic heterocycles. The van der Waals surface area contributed by atoms with Crippen molar-refractivity contribution in [3.05, 3.63) is 48.9 Å². The van der Waals surface area contributed by atoms with Gasteiger partial charge in [0.25, 0.3) is 0 Å². The molecule has 0 N–H and O–H groups in total. The van der Waals surface area contributed by atoms with E-state index < -0.39 is 0 Å². The Morgan fingerprint density at radius 3 is 2.57 bits per heavy atom. The minimum Gasteiger partial charge on any atom is -0.497 e. The van der Waals surface area contributed by atoms with E-state index in [0.717, 1.165) is 12.1 Å². The summed E-state index contributed by atoms with van der Waals surface area (Å²) in [5, 5.41) is 0. The van der Waals surface area contributed by atoms with E-state index in [0.29, 0.717) is 5.76 Å². The summed E-state index contributed by atoms with van der Waals surface area (Å²) in [4.78, 5) is 4.23. The molecule has 0 bridgehead atoms. The number of aliphatic imine (C=N–C) groups is 1. The van der Waals surface area contributed by atoms with Crippen molar-refractivity contribution in [2.75, 3.05) is 7.11 Å². The van der Waals surface area contributed by atoms with Crippen LogP contribution in [0.5, 0.6) is 0 Å². The summed E-state index contributed by atoms with van der Waals surface area (Å²) in [6.45, 7) is 9.16. The van der Waals surface area contributed by atoms with E-state index in [1.807, 2.05) is 19.1 Å². The van der Waals surface area contributed by atoms with Gasteiger partial charge in [-0.1, -0.05) is 18.7 Å². The Hall–Kier alpha value is -1.57. The summed E-state index contributed by atoms with van der Waals surface area (Å²) < 4.78 is 5.05. The van der Waals surface area contributed by atoms with Gasteiger partial charge in [-0.3, -0.25) is 4.99 Å². The fourth-order valence-corrected chi connectivity index (χ4v) is 0.775. The van der Waals surface area contributed by atoms with Crippen molar-refractivity contribution >= 4 is 6.21 Å². The maximum atomic E-state index is 5.05. The van der Waals surface area contributed by atoms with Crippen LogP contribution in [0.25, 0.3) is 0 Å². The van der Waals surface area contributed by atoms with Gasteiger partial charge in [0.15, 0.2) is 0 Å². The van der Waals surface area contributed by atoms with Gasteiger partial charge in [-0.2, -0.15) is 0 Å². The van der Waals surface area contributed by atoms with Crippen LogP contribution in [0, 0.1) is 0 Å². The summed E-state index contributed by atoms with van der Waals surface area (Å²) >= 11 is 0. The Labute approximate surface area is 86.0 Å². The van der Waals surface area contributed by atoms with Crippen LogP contribution in [-0.2, 0) is 4.74 Å². The van der Waals surface area contributed by atoms with Gasteiger partial charge in [0.05, 0.1) is 12.8 Å². The molecule has 0 aliphatic heterocycles. The molecule has 0 spiro atoms. The third-order valence-corrected chi connectivity index (χ3v) is 1.54. The SMILES string of the molecule is C=CC\C=N/C(=C\C)/C=C(\C=C)OC. The number of hydrogen-bond acceptors (Lipinski definition) is 2. The summed E-state index contributed by atoms with van der Waals surface area (Å²) in [5.74, 6) is 0.703. The Balaban J connectivity index is 4.50. The van der Waals surface area contributed by atoms with Crippen LogP contribution in [0.1, 0.15) is 13.3 Å². The van der Waals surface area contributed by atoms with E-state index in [1.54, 1.807) is 25.5 Å². The van der Waals surface area contributed by atoms with Crippen LogP contribution in [0.4, 0.5) is 0 Å². The second-order valence-corrected chi connectivity index (χ2v) is 2.50. The second kappa shape index (κ2) is 8.05. The van der Waals surface area contributed by atoms with E-state index in [1.165, 1.54) is 0 Å². The highest BCUT2D eigenvalue weighted by Crippen LogP contribution is 2.05. The van der Waals surface area contributed by atoms with Crippen LogP contribution in [0.3, 0.4) is 0 Å². The van der Waals surface area contributed by atoms with Gasteiger partial charge in [-0.25, -0.2) is 0 Å². The van der Waals surface area contributed by atoms with E-state index in [-0.39, 0.29) is 0 Å². The maximum absolute atomic E-state index is 5.05.